The maximum absolute atomic E-state index is 12.3. The van der Waals surface area contributed by atoms with Crippen molar-refractivity contribution in [2.24, 2.45) is 0 Å². The van der Waals surface area contributed by atoms with Gasteiger partial charge in [0, 0.05) is 18.9 Å². The number of aromatic carboxylic acids is 1. The Labute approximate surface area is 175 Å². The van der Waals surface area contributed by atoms with Crippen molar-refractivity contribution in [1.29, 1.82) is 0 Å². The maximum Gasteiger partial charge on any atom is 0.456 e. The van der Waals surface area contributed by atoms with Crippen LogP contribution in [0.1, 0.15) is 27.0 Å². The van der Waals surface area contributed by atoms with Crippen molar-refractivity contribution in [1.82, 2.24) is 10.2 Å². The summed E-state index contributed by atoms with van der Waals surface area (Å²) in [7, 11) is 2.21. The normalized spacial score (nSPS) is 11.9. The molecule has 1 amide bonds. The molecule has 0 aromatic heterocycles. The molecule has 0 aliphatic heterocycles. The van der Waals surface area contributed by atoms with Gasteiger partial charge in [-0.2, -0.15) is 0 Å². The lowest BCUT2D eigenvalue weighted by Gasteiger charge is -2.18. The second-order valence-electron chi connectivity index (χ2n) is 7.53. The number of para-hydroxylation sites is 1. The topological polar surface area (TPSA) is 130 Å². The second kappa shape index (κ2) is 10.8. The first-order chi connectivity index (χ1) is 14.2. The van der Waals surface area contributed by atoms with Crippen molar-refractivity contribution < 1.29 is 29.9 Å². The molecule has 8 nitrogen and oxygen atoms in total. The zero-order valence-electron chi connectivity index (χ0n) is 17.1. The van der Waals surface area contributed by atoms with Gasteiger partial charge in [-0.1, -0.05) is 36.4 Å². The quantitative estimate of drug-likeness (QED) is 0.365. The molecule has 5 N–H and O–H groups in total. The number of amides is 1. The van der Waals surface area contributed by atoms with Crippen LogP contribution in [0.5, 0.6) is 5.75 Å². The largest absolute Gasteiger partial charge is 0.507 e. The molecule has 0 aliphatic carbocycles. The van der Waals surface area contributed by atoms with Gasteiger partial charge in [0.15, 0.2) is 0 Å². The van der Waals surface area contributed by atoms with E-state index in [4.69, 9.17) is 5.11 Å². The number of carboxylic acids is 1. The van der Waals surface area contributed by atoms with Gasteiger partial charge < -0.3 is 30.5 Å². The van der Waals surface area contributed by atoms with E-state index in [0.717, 1.165) is 17.7 Å². The minimum atomic E-state index is -1.75. The Kier molecular flexibility index (Phi) is 8.40. The Balaban J connectivity index is 1.95. The van der Waals surface area contributed by atoms with E-state index in [0.29, 0.717) is 0 Å². The lowest BCUT2D eigenvalue weighted by Crippen LogP contribution is -2.35. The Hall–Kier alpha value is -2.88. The molecule has 0 fully saturated rings. The summed E-state index contributed by atoms with van der Waals surface area (Å²) in [6, 6.07) is 11.9. The Morgan fingerprint density at radius 3 is 2.27 bits per heavy atom. The van der Waals surface area contributed by atoms with E-state index in [-0.39, 0.29) is 36.4 Å². The van der Waals surface area contributed by atoms with Gasteiger partial charge in [-0.25, -0.2) is 4.79 Å². The highest BCUT2D eigenvalue weighted by Gasteiger charge is 2.26. The van der Waals surface area contributed by atoms with Gasteiger partial charge >= 0.3 is 13.1 Å². The fraction of sp³-hybridized carbons (Fsp3) is 0.333. The average Bonchev–Trinajstić information content (AvgIpc) is 2.67. The van der Waals surface area contributed by atoms with Crippen LogP contribution in [-0.2, 0) is 24.2 Å². The number of benzene rings is 2. The number of hydrogen-bond donors (Lipinski definition) is 5. The van der Waals surface area contributed by atoms with Gasteiger partial charge in [-0.3, -0.25) is 4.79 Å². The van der Waals surface area contributed by atoms with E-state index in [9.17, 15) is 24.7 Å². The molecule has 0 aliphatic rings. The van der Waals surface area contributed by atoms with Crippen molar-refractivity contribution in [2.75, 3.05) is 20.6 Å². The predicted molar refractivity (Wildman–Crippen MR) is 113 cm³/mol. The third-order valence-electron chi connectivity index (χ3n) is 4.70. The minimum absolute atomic E-state index is 0.00979. The van der Waals surface area contributed by atoms with E-state index in [1.807, 2.05) is 43.3 Å². The van der Waals surface area contributed by atoms with E-state index < -0.39 is 24.7 Å². The fourth-order valence-corrected chi connectivity index (χ4v) is 3.11. The van der Waals surface area contributed by atoms with E-state index in [2.05, 4.69) is 5.32 Å². The molecule has 2 aromatic carbocycles. The van der Waals surface area contributed by atoms with Crippen LogP contribution in [0.15, 0.2) is 42.5 Å². The minimum Gasteiger partial charge on any atom is -0.507 e. The van der Waals surface area contributed by atoms with E-state index in [1.165, 1.54) is 18.2 Å². The SMILES string of the molecule is CN(C)Cc1ccc(CC(=O)NC[C@@H](Cc2cccc(C(=O)O)c2O)B(O)O)cc1. The number of carboxylic acid groups (broad SMARTS) is 1. The van der Waals surface area contributed by atoms with Gasteiger partial charge in [0.25, 0.3) is 0 Å². The summed E-state index contributed by atoms with van der Waals surface area (Å²) in [6.45, 7) is 0.768. The smallest absolute Gasteiger partial charge is 0.456 e. The lowest BCUT2D eigenvalue weighted by atomic mass is 9.69. The number of nitrogens with one attached hydrogen (secondary N) is 1. The number of rotatable bonds is 10. The summed E-state index contributed by atoms with van der Waals surface area (Å²) < 4.78 is 0. The van der Waals surface area contributed by atoms with Crippen LogP contribution in [0.3, 0.4) is 0 Å². The molecule has 160 valence electrons. The molecule has 2 rings (SSSR count). The number of carbonyl (C=O) groups is 2. The molecular formula is C21H27BN2O6. The van der Waals surface area contributed by atoms with Crippen LogP contribution in [0.2, 0.25) is 5.82 Å². The highest BCUT2D eigenvalue weighted by molar-refractivity contribution is 6.43. The Bertz CT molecular complexity index is 870. The third-order valence-corrected chi connectivity index (χ3v) is 4.70. The third kappa shape index (κ3) is 6.87. The summed E-state index contributed by atoms with van der Waals surface area (Å²) in [4.78, 5) is 25.4. The van der Waals surface area contributed by atoms with Crippen molar-refractivity contribution in [3.05, 3.63) is 64.7 Å². The van der Waals surface area contributed by atoms with Crippen LogP contribution in [-0.4, -0.2) is 64.8 Å². The molecular weight excluding hydrogens is 387 g/mol. The first kappa shape index (κ1) is 23.4. The van der Waals surface area contributed by atoms with Crippen LogP contribution < -0.4 is 5.32 Å². The Morgan fingerprint density at radius 2 is 1.70 bits per heavy atom. The molecule has 1 atom stereocenters. The summed E-state index contributed by atoms with van der Waals surface area (Å²) in [6.07, 6.45) is 0.139. The van der Waals surface area contributed by atoms with Gasteiger partial charge in [0.05, 0.1) is 6.42 Å². The number of aromatic hydroxyl groups is 1. The lowest BCUT2D eigenvalue weighted by molar-refractivity contribution is -0.120. The first-order valence-corrected chi connectivity index (χ1v) is 9.57. The molecule has 9 heteroatoms. The van der Waals surface area contributed by atoms with Crippen LogP contribution in [0.25, 0.3) is 0 Å². The van der Waals surface area contributed by atoms with Gasteiger partial charge in [0.2, 0.25) is 5.91 Å². The van der Waals surface area contributed by atoms with Crippen molar-refractivity contribution >= 4 is 19.0 Å². The van der Waals surface area contributed by atoms with Gasteiger partial charge in [-0.05, 0) is 43.3 Å². The second-order valence-corrected chi connectivity index (χ2v) is 7.53. The Morgan fingerprint density at radius 1 is 1.07 bits per heavy atom. The monoisotopic (exact) mass is 414 g/mol. The van der Waals surface area contributed by atoms with Crippen LogP contribution in [0.4, 0.5) is 0 Å². The number of phenols is 1. The van der Waals surface area contributed by atoms with Gasteiger partial charge in [-0.15, -0.1) is 0 Å². The summed E-state index contributed by atoms with van der Waals surface area (Å²) in [5, 5.41) is 41.2. The van der Waals surface area contributed by atoms with Crippen molar-refractivity contribution in [3.8, 4) is 5.75 Å². The molecule has 30 heavy (non-hydrogen) atoms. The molecule has 0 unspecified atom stereocenters. The van der Waals surface area contributed by atoms with Crippen LogP contribution >= 0.6 is 0 Å². The highest BCUT2D eigenvalue weighted by atomic mass is 16.4. The highest BCUT2D eigenvalue weighted by Crippen LogP contribution is 2.27. The van der Waals surface area contributed by atoms with E-state index >= 15 is 0 Å². The average molecular weight is 414 g/mol. The fourth-order valence-electron chi connectivity index (χ4n) is 3.11. The molecule has 0 saturated heterocycles. The maximum atomic E-state index is 12.3. The molecule has 0 bridgehead atoms. The number of carbonyl (C=O) groups excluding carboxylic acids is 1. The zero-order chi connectivity index (χ0) is 22.3. The summed E-state index contributed by atoms with van der Waals surface area (Å²) in [5.74, 6) is -2.78. The molecule has 0 saturated carbocycles. The summed E-state index contributed by atoms with van der Waals surface area (Å²) in [5.41, 5.74) is 1.97. The molecule has 0 radical (unpaired) electrons. The standard InChI is InChI=1S/C21H27BN2O6/c1-24(2)13-15-8-6-14(7-9-15)10-19(25)23-12-17(22(29)30)11-16-4-3-5-18(20(16)26)21(27)28/h3-9,17,26,29-30H,10-13H2,1-2H3,(H,23,25)(H,27,28)/t17-/m1/s1. The van der Waals surface area contributed by atoms with Crippen molar-refractivity contribution in [3.63, 3.8) is 0 Å². The molecule has 2 aromatic rings. The number of nitrogens with zero attached hydrogens (tertiary/aromatic N) is 1. The summed E-state index contributed by atoms with van der Waals surface area (Å²) >= 11 is 0. The van der Waals surface area contributed by atoms with Crippen LogP contribution in [0, 0.1) is 0 Å². The first-order valence-electron chi connectivity index (χ1n) is 9.57. The van der Waals surface area contributed by atoms with E-state index in [1.54, 1.807) is 0 Å². The molecule has 0 heterocycles. The zero-order valence-corrected chi connectivity index (χ0v) is 17.1. The van der Waals surface area contributed by atoms with Crippen molar-refractivity contribution in [2.45, 2.75) is 25.2 Å². The van der Waals surface area contributed by atoms with Gasteiger partial charge in [0.1, 0.15) is 11.3 Å². The number of hydrogen-bond acceptors (Lipinski definition) is 6. The molecule has 0 spiro atoms. The predicted octanol–water partition coefficient (Wildman–Crippen LogP) is 0.896.